The molecule has 2 heterocycles. The van der Waals surface area contributed by atoms with E-state index in [1.807, 2.05) is 30.0 Å². The number of nitrogens with zero attached hydrogens (tertiary/aromatic N) is 3. The van der Waals surface area contributed by atoms with Gasteiger partial charge in [-0.15, -0.1) is 18.2 Å². The molecular weight excluding hydrogens is 495 g/mol. The van der Waals surface area contributed by atoms with E-state index in [1.54, 1.807) is 11.3 Å². The number of fused-ring (bicyclic) bond motifs is 1. The average molecular weight is 511 g/mol. The molecule has 0 atom stereocenters. The number of hydrogen-bond acceptors (Lipinski definition) is 3. The molecule has 0 saturated heterocycles. The van der Waals surface area contributed by atoms with E-state index >= 15 is 0 Å². The van der Waals surface area contributed by atoms with Crippen molar-refractivity contribution in [1.82, 2.24) is 14.5 Å². The Hall–Kier alpha value is -1.81. The molecule has 2 aromatic heterocycles. The van der Waals surface area contributed by atoms with Crippen molar-refractivity contribution >= 4 is 21.6 Å². The molecule has 0 bridgehead atoms. The van der Waals surface area contributed by atoms with Gasteiger partial charge in [0.2, 0.25) is 0 Å². The average Bonchev–Trinajstić information content (AvgIpc) is 3.14. The molecule has 0 fully saturated rings. The Balaban J connectivity index is 0.00000169. The van der Waals surface area contributed by atoms with Crippen LogP contribution in [0.15, 0.2) is 42.2 Å². The monoisotopic (exact) mass is 511 g/mol. The molecule has 4 aromatic rings. The van der Waals surface area contributed by atoms with Crippen LogP contribution in [-0.2, 0) is 20.1 Å². The van der Waals surface area contributed by atoms with Crippen LogP contribution in [0.4, 0.5) is 0 Å². The van der Waals surface area contributed by atoms with Gasteiger partial charge in [0.15, 0.2) is 0 Å². The minimum Gasteiger partial charge on any atom is -0.339 e. The van der Waals surface area contributed by atoms with Gasteiger partial charge in [-0.1, -0.05) is 23.3 Å². The molecule has 2 aromatic carbocycles. The van der Waals surface area contributed by atoms with E-state index in [4.69, 9.17) is 0 Å². The van der Waals surface area contributed by atoms with E-state index in [0.29, 0.717) is 0 Å². The Morgan fingerprint density at radius 1 is 1.08 bits per heavy atom. The predicted molar refractivity (Wildman–Crippen MR) is 95.2 cm³/mol. The molecule has 24 heavy (non-hydrogen) atoms. The zero-order chi connectivity index (χ0) is 16.0. The van der Waals surface area contributed by atoms with Crippen LogP contribution in [0.5, 0.6) is 0 Å². The normalized spacial score (nSPS) is 10.8. The third-order valence-electron chi connectivity index (χ3n) is 4.03. The fraction of sp³-hybridized carbons (Fsp3) is 0.158. The number of aryl methyl sites for hydroxylation is 3. The SMILES string of the molecule is Cc1cc(C)c(-n2ccnc2-c2[c-]ccc3ncsc23)c(C)c1.[Ir]. The molecule has 0 aliphatic heterocycles. The van der Waals surface area contributed by atoms with Crippen molar-refractivity contribution in [3.8, 4) is 17.1 Å². The number of hydrogen-bond donors (Lipinski definition) is 0. The topological polar surface area (TPSA) is 30.7 Å². The molecule has 123 valence electrons. The Morgan fingerprint density at radius 2 is 1.83 bits per heavy atom. The Kier molecular flexibility index (Phi) is 4.68. The number of benzene rings is 2. The van der Waals surface area contributed by atoms with Gasteiger partial charge in [0.25, 0.3) is 0 Å². The Labute approximate surface area is 158 Å². The van der Waals surface area contributed by atoms with Crippen molar-refractivity contribution in [1.29, 1.82) is 0 Å². The van der Waals surface area contributed by atoms with E-state index in [0.717, 1.165) is 21.6 Å². The summed E-state index contributed by atoms with van der Waals surface area (Å²) < 4.78 is 3.29. The van der Waals surface area contributed by atoms with Crippen LogP contribution in [0.2, 0.25) is 0 Å². The Bertz CT molecular complexity index is 993. The second-order valence-electron chi connectivity index (χ2n) is 5.79. The summed E-state index contributed by atoms with van der Waals surface area (Å²) in [5.74, 6) is 0.912. The third kappa shape index (κ3) is 2.73. The molecule has 0 saturated carbocycles. The first kappa shape index (κ1) is 17.0. The molecule has 4 rings (SSSR count). The van der Waals surface area contributed by atoms with Gasteiger partial charge in [-0.2, -0.15) is 11.3 Å². The van der Waals surface area contributed by atoms with Crippen molar-refractivity contribution in [2.75, 3.05) is 0 Å². The van der Waals surface area contributed by atoms with Crippen molar-refractivity contribution in [3.05, 3.63) is 64.9 Å². The molecule has 5 heteroatoms. The summed E-state index contributed by atoms with van der Waals surface area (Å²) in [7, 11) is 0. The van der Waals surface area contributed by atoms with Crippen LogP contribution >= 0.6 is 11.3 Å². The summed E-state index contributed by atoms with van der Waals surface area (Å²) in [4.78, 5) is 9.01. The minimum atomic E-state index is 0. The van der Waals surface area contributed by atoms with Gasteiger partial charge in [-0.05, 0) is 42.1 Å². The van der Waals surface area contributed by atoms with Crippen molar-refractivity contribution in [3.63, 3.8) is 0 Å². The molecule has 0 aliphatic rings. The van der Waals surface area contributed by atoms with Crippen molar-refractivity contribution < 1.29 is 20.1 Å². The second kappa shape index (κ2) is 6.59. The molecule has 1 radical (unpaired) electrons. The summed E-state index contributed by atoms with van der Waals surface area (Å²) in [6.07, 6.45) is 3.87. The Morgan fingerprint density at radius 3 is 2.58 bits per heavy atom. The molecular formula is C19H16IrN3S-. The van der Waals surface area contributed by atoms with Gasteiger partial charge in [0.05, 0.1) is 11.3 Å². The number of thiazole rings is 1. The van der Waals surface area contributed by atoms with Crippen molar-refractivity contribution in [2.24, 2.45) is 0 Å². The summed E-state index contributed by atoms with van der Waals surface area (Å²) >= 11 is 1.63. The first-order valence-electron chi connectivity index (χ1n) is 7.51. The number of rotatable bonds is 2. The van der Waals surface area contributed by atoms with E-state index in [1.165, 1.54) is 22.4 Å². The van der Waals surface area contributed by atoms with Gasteiger partial charge in [0, 0.05) is 38.2 Å². The van der Waals surface area contributed by atoms with Crippen LogP contribution in [0.3, 0.4) is 0 Å². The van der Waals surface area contributed by atoms with E-state index in [9.17, 15) is 0 Å². The quantitative estimate of drug-likeness (QED) is 0.360. The van der Waals surface area contributed by atoms with Crippen LogP contribution in [0.1, 0.15) is 16.7 Å². The smallest absolute Gasteiger partial charge is 0.0692 e. The molecule has 0 spiro atoms. The third-order valence-corrected chi connectivity index (χ3v) is 4.89. The zero-order valence-electron chi connectivity index (χ0n) is 13.6. The first-order chi connectivity index (χ1) is 11.1. The zero-order valence-corrected chi connectivity index (χ0v) is 16.8. The van der Waals surface area contributed by atoms with Crippen LogP contribution in [-0.4, -0.2) is 14.5 Å². The standard InChI is InChI=1S/C19H16N3S.Ir/c1-12-9-13(2)17(14(3)10-12)22-8-7-20-19(22)15-5-4-6-16-18(15)23-11-21-16;/h4,6-11H,1-3H3;/q-1;. The summed E-state index contributed by atoms with van der Waals surface area (Å²) in [5.41, 5.74) is 8.85. The fourth-order valence-corrected chi connectivity index (χ4v) is 4.00. The predicted octanol–water partition coefficient (Wildman–Crippen LogP) is 4.87. The van der Waals surface area contributed by atoms with Crippen LogP contribution in [0.25, 0.3) is 27.3 Å². The molecule has 0 unspecified atom stereocenters. The number of imidazole rings is 1. The van der Waals surface area contributed by atoms with E-state index in [2.05, 4.69) is 53.5 Å². The van der Waals surface area contributed by atoms with Gasteiger partial charge in [-0.3, -0.25) is 9.97 Å². The molecule has 3 nitrogen and oxygen atoms in total. The minimum absolute atomic E-state index is 0. The maximum absolute atomic E-state index is 4.61. The van der Waals surface area contributed by atoms with Crippen molar-refractivity contribution in [2.45, 2.75) is 20.8 Å². The first-order valence-corrected chi connectivity index (χ1v) is 8.39. The molecule has 0 amide bonds. The maximum Gasteiger partial charge on any atom is 0.0692 e. The van der Waals surface area contributed by atoms with Gasteiger partial charge < -0.3 is 4.57 Å². The maximum atomic E-state index is 4.61. The van der Waals surface area contributed by atoms with Gasteiger partial charge >= 0.3 is 0 Å². The van der Waals surface area contributed by atoms with Gasteiger partial charge in [0.1, 0.15) is 0 Å². The van der Waals surface area contributed by atoms with Crippen LogP contribution in [0, 0.1) is 26.8 Å². The van der Waals surface area contributed by atoms with Crippen LogP contribution < -0.4 is 0 Å². The fourth-order valence-electron chi connectivity index (χ4n) is 3.22. The summed E-state index contributed by atoms with van der Waals surface area (Å²) in [6, 6.07) is 11.7. The second-order valence-corrected chi connectivity index (χ2v) is 6.64. The van der Waals surface area contributed by atoms with E-state index < -0.39 is 0 Å². The summed E-state index contributed by atoms with van der Waals surface area (Å²) in [6.45, 7) is 6.43. The molecule has 0 N–H and O–H groups in total. The van der Waals surface area contributed by atoms with E-state index in [-0.39, 0.29) is 20.1 Å². The summed E-state index contributed by atoms with van der Waals surface area (Å²) in [5, 5.41) is 0. The molecule has 0 aliphatic carbocycles. The number of aromatic nitrogens is 3. The largest absolute Gasteiger partial charge is 0.339 e. The van der Waals surface area contributed by atoms with Gasteiger partial charge in [-0.25, -0.2) is 0 Å².